The molecule has 0 atom stereocenters. The van der Waals surface area contributed by atoms with E-state index in [1.807, 2.05) is 62.4 Å². The van der Waals surface area contributed by atoms with Gasteiger partial charge in [-0.1, -0.05) is 41.4 Å². The Hall–Kier alpha value is -2.94. The molecule has 1 saturated heterocycles. The van der Waals surface area contributed by atoms with Crippen LogP contribution in [0.2, 0.25) is 5.02 Å². The van der Waals surface area contributed by atoms with E-state index in [2.05, 4.69) is 15.9 Å². The van der Waals surface area contributed by atoms with Crippen molar-refractivity contribution in [2.45, 2.75) is 20.5 Å². The van der Waals surface area contributed by atoms with Crippen molar-refractivity contribution in [3.63, 3.8) is 0 Å². The van der Waals surface area contributed by atoms with Crippen LogP contribution in [-0.2, 0) is 11.4 Å². The first-order chi connectivity index (χ1) is 17.8. The lowest BCUT2D eigenvalue weighted by Gasteiger charge is -2.15. The Labute approximate surface area is 233 Å². The van der Waals surface area contributed by atoms with E-state index in [4.69, 9.17) is 25.8 Å². The van der Waals surface area contributed by atoms with Crippen LogP contribution in [0.15, 0.2) is 70.0 Å². The average Bonchev–Trinajstić information content (AvgIpc) is 3.12. The van der Waals surface area contributed by atoms with Gasteiger partial charge in [0, 0.05) is 5.02 Å². The van der Waals surface area contributed by atoms with Gasteiger partial charge in [0.2, 0.25) is 0 Å². The Morgan fingerprint density at radius 2 is 1.81 bits per heavy atom. The molecule has 2 amide bonds. The molecule has 0 saturated carbocycles. The molecule has 1 aliphatic heterocycles. The van der Waals surface area contributed by atoms with Crippen LogP contribution in [0.25, 0.3) is 6.08 Å². The highest BCUT2D eigenvalue weighted by atomic mass is 79.9. The highest BCUT2D eigenvalue weighted by Crippen LogP contribution is 2.39. The molecule has 0 unspecified atom stereocenters. The van der Waals surface area contributed by atoms with Crippen LogP contribution in [0.3, 0.4) is 0 Å². The number of hydrogen-bond acceptors (Lipinski definition) is 6. The summed E-state index contributed by atoms with van der Waals surface area (Å²) in [4.78, 5) is 27.0. The van der Waals surface area contributed by atoms with Gasteiger partial charge in [0.15, 0.2) is 11.5 Å². The highest BCUT2D eigenvalue weighted by molar-refractivity contribution is 9.10. The van der Waals surface area contributed by atoms with Crippen molar-refractivity contribution in [2.75, 3.05) is 19.8 Å². The highest BCUT2D eigenvalue weighted by Gasteiger charge is 2.35. The molecule has 37 heavy (non-hydrogen) atoms. The predicted octanol–water partition coefficient (Wildman–Crippen LogP) is 7.50. The smallest absolute Gasteiger partial charge is 0.293 e. The maximum Gasteiger partial charge on any atom is 0.293 e. The van der Waals surface area contributed by atoms with Gasteiger partial charge in [0.25, 0.3) is 11.1 Å². The SMILES string of the molecule is CCOc1cc(/C=C2\SC(=O)N(CCOc3ccc(C)cc3)C2=O)cc(Br)c1OCc1cccc(Cl)c1. The maximum absolute atomic E-state index is 12.9. The van der Waals surface area contributed by atoms with Crippen LogP contribution in [0, 0.1) is 6.92 Å². The number of benzene rings is 3. The van der Waals surface area contributed by atoms with Gasteiger partial charge in [0.1, 0.15) is 19.0 Å². The number of imide groups is 1. The summed E-state index contributed by atoms with van der Waals surface area (Å²) in [5.74, 6) is 1.41. The number of rotatable bonds is 10. The lowest BCUT2D eigenvalue weighted by Crippen LogP contribution is -2.32. The molecule has 1 fully saturated rings. The number of nitrogens with zero attached hydrogens (tertiary/aromatic N) is 1. The molecule has 192 valence electrons. The molecule has 4 rings (SSSR count). The topological polar surface area (TPSA) is 65.1 Å². The maximum atomic E-state index is 12.9. The summed E-state index contributed by atoms with van der Waals surface area (Å²) < 4.78 is 18.2. The molecule has 3 aromatic carbocycles. The molecule has 6 nitrogen and oxygen atoms in total. The molecule has 0 bridgehead atoms. The van der Waals surface area contributed by atoms with E-state index < -0.39 is 0 Å². The summed E-state index contributed by atoms with van der Waals surface area (Å²) in [6.07, 6.45) is 1.68. The van der Waals surface area contributed by atoms with E-state index in [0.717, 1.165) is 22.9 Å². The van der Waals surface area contributed by atoms with Gasteiger partial charge in [-0.3, -0.25) is 14.5 Å². The molecule has 3 aromatic rings. The summed E-state index contributed by atoms with van der Waals surface area (Å²) in [5, 5.41) is 0.311. The third-order valence-electron chi connectivity index (χ3n) is 5.38. The monoisotopic (exact) mass is 601 g/mol. The van der Waals surface area contributed by atoms with E-state index >= 15 is 0 Å². The number of carbonyl (C=O) groups is 2. The van der Waals surface area contributed by atoms with Crippen LogP contribution >= 0.6 is 39.3 Å². The first-order valence-corrected chi connectivity index (χ1v) is 13.6. The second-order valence-electron chi connectivity index (χ2n) is 8.18. The van der Waals surface area contributed by atoms with E-state index in [1.54, 1.807) is 18.2 Å². The van der Waals surface area contributed by atoms with Crippen molar-refractivity contribution in [1.29, 1.82) is 0 Å². The van der Waals surface area contributed by atoms with E-state index in [9.17, 15) is 9.59 Å². The van der Waals surface area contributed by atoms with Crippen molar-refractivity contribution in [1.82, 2.24) is 4.90 Å². The number of carbonyl (C=O) groups excluding carboxylic acids is 2. The number of aryl methyl sites for hydroxylation is 1. The molecule has 0 radical (unpaired) electrons. The Morgan fingerprint density at radius 3 is 2.54 bits per heavy atom. The number of hydrogen-bond donors (Lipinski definition) is 0. The van der Waals surface area contributed by atoms with Crippen LogP contribution in [-0.4, -0.2) is 35.8 Å². The number of amides is 2. The van der Waals surface area contributed by atoms with Gasteiger partial charge < -0.3 is 14.2 Å². The molecule has 0 aromatic heterocycles. The fourth-order valence-electron chi connectivity index (χ4n) is 3.59. The zero-order valence-corrected chi connectivity index (χ0v) is 23.5. The summed E-state index contributed by atoms with van der Waals surface area (Å²) >= 11 is 10.5. The standard InChI is InChI=1S/C28H25BrClNO5S/c1-3-34-24-15-20(14-23(29)26(24)36-17-19-5-4-6-21(30)13-19)16-25-27(32)31(28(33)37-25)11-12-35-22-9-7-18(2)8-10-22/h4-10,13-16H,3,11-12,17H2,1-2H3/b25-16-. The van der Waals surface area contributed by atoms with E-state index in [-0.39, 0.29) is 24.3 Å². The first-order valence-electron chi connectivity index (χ1n) is 11.6. The zero-order valence-electron chi connectivity index (χ0n) is 20.3. The van der Waals surface area contributed by atoms with E-state index in [1.165, 1.54) is 4.90 Å². The lowest BCUT2D eigenvalue weighted by atomic mass is 10.1. The van der Waals surface area contributed by atoms with Crippen molar-refractivity contribution in [2.24, 2.45) is 0 Å². The Balaban J connectivity index is 1.45. The summed E-state index contributed by atoms with van der Waals surface area (Å²) in [6.45, 7) is 5.00. The third kappa shape index (κ3) is 7.09. The van der Waals surface area contributed by atoms with Gasteiger partial charge >= 0.3 is 0 Å². The molecular weight excluding hydrogens is 578 g/mol. The quantitative estimate of drug-likeness (QED) is 0.224. The minimum Gasteiger partial charge on any atom is -0.492 e. The molecule has 1 aliphatic rings. The van der Waals surface area contributed by atoms with Crippen molar-refractivity contribution >= 4 is 56.5 Å². The van der Waals surface area contributed by atoms with Crippen molar-refractivity contribution < 1.29 is 23.8 Å². The zero-order chi connectivity index (χ0) is 26.4. The largest absolute Gasteiger partial charge is 0.492 e. The lowest BCUT2D eigenvalue weighted by molar-refractivity contribution is -0.123. The normalized spacial score (nSPS) is 14.4. The minimum absolute atomic E-state index is 0.167. The van der Waals surface area contributed by atoms with Crippen molar-refractivity contribution in [3.8, 4) is 17.2 Å². The number of halogens is 2. The van der Waals surface area contributed by atoms with Crippen LogP contribution < -0.4 is 14.2 Å². The summed E-state index contributed by atoms with van der Waals surface area (Å²) in [7, 11) is 0. The van der Waals surface area contributed by atoms with Crippen LogP contribution in [0.4, 0.5) is 4.79 Å². The Bertz CT molecular complexity index is 1330. The Morgan fingerprint density at radius 1 is 1.03 bits per heavy atom. The summed E-state index contributed by atoms with van der Waals surface area (Å²) in [5.41, 5.74) is 2.75. The summed E-state index contributed by atoms with van der Waals surface area (Å²) in [6, 6.07) is 18.7. The minimum atomic E-state index is -0.349. The molecule has 0 spiro atoms. The van der Waals surface area contributed by atoms with E-state index in [0.29, 0.717) is 50.4 Å². The molecule has 0 aliphatic carbocycles. The van der Waals surface area contributed by atoms with Gasteiger partial charge in [0.05, 0.1) is 22.5 Å². The van der Waals surface area contributed by atoms with Crippen molar-refractivity contribution in [3.05, 3.63) is 91.8 Å². The first kappa shape index (κ1) is 27.1. The van der Waals surface area contributed by atoms with Crippen LogP contribution in [0.1, 0.15) is 23.6 Å². The molecular formula is C28H25BrClNO5S. The predicted molar refractivity (Wildman–Crippen MR) is 150 cm³/mol. The fraction of sp³-hybridized carbons (Fsp3) is 0.214. The van der Waals surface area contributed by atoms with Crippen LogP contribution in [0.5, 0.6) is 17.2 Å². The molecule has 9 heteroatoms. The average molecular weight is 603 g/mol. The second-order valence-corrected chi connectivity index (χ2v) is 10.5. The number of thioether (sulfide) groups is 1. The van der Waals surface area contributed by atoms with Gasteiger partial charge in [-0.25, -0.2) is 0 Å². The molecule has 1 heterocycles. The second kappa shape index (κ2) is 12.5. The molecule has 0 N–H and O–H groups in total. The fourth-order valence-corrected chi connectivity index (χ4v) is 5.24. The van der Waals surface area contributed by atoms with Gasteiger partial charge in [-0.05, 0) is 95.1 Å². The number of ether oxygens (including phenoxy) is 3. The Kier molecular flexibility index (Phi) is 9.18. The van der Waals surface area contributed by atoms with Gasteiger partial charge in [-0.2, -0.15) is 0 Å². The van der Waals surface area contributed by atoms with Gasteiger partial charge in [-0.15, -0.1) is 0 Å². The third-order valence-corrected chi connectivity index (χ3v) is 7.11.